The average Bonchev–Trinajstić information content (AvgIpc) is 2.68. The average molecular weight is 429 g/mol. The zero-order valence-corrected chi connectivity index (χ0v) is 17.7. The smallest absolute Gasteiger partial charge is 0.255 e. The van der Waals surface area contributed by atoms with Gasteiger partial charge in [0.25, 0.3) is 5.91 Å². The van der Waals surface area contributed by atoms with Gasteiger partial charge in [0.15, 0.2) is 9.84 Å². The number of nitrogens with one attached hydrogen (secondary N) is 1. The summed E-state index contributed by atoms with van der Waals surface area (Å²) in [6.45, 7) is 0. The molecule has 0 heterocycles. The number of carbonyl (C=O) groups excluding carboxylic acids is 1. The van der Waals surface area contributed by atoms with Crippen molar-refractivity contribution in [1.29, 1.82) is 0 Å². The number of hydrogen-bond donors (Lipinski definition) is 1. The van der Waals surface area contributed by atoms with Crippen LogP contribution in [0.1, 0.15) is 15.9 Å². The fourth-order valence-corrected chi connectivity index (χ4v) is 4.45. The van der Waals surface area contributed by atoms with Crippen LogP contribution in [0.25, 0.3) is 0 Å². The first-order valence-corrected chi connectivity index (χ1v) is 10.9. The van der Waals surface area contributed by atoms with Gasteiger partial charge in [-0.25, -0.2) is 8.42 Å². The fourth-order valence-electron chi connectivity index (χ4n) is 2.93. The second-order valence-corrected chi connectivity index (χ2v) is 9.21. The molecule has 0 saturated heterocycles. The van der Waals surface area contributed by atoms with E-state index in [1.165, 1.54) is 0 Å². The third-order valence-corrected chi connectivity index (χ3v) is 6.28. The minimum atomic E-state index is -3.49. The molecule has 0 fully saturated rings. The normalized spacial score (nSPS) is 11.1. The third kappa shape index (κ3) is 5.16. The summed E-state index contributed by atoms with van der Waals surface area (Å²) in [4.78, 5) is 14.9. The van der Waals surface area contributed by atoms with Crippen LogP contribution in [0.3, 0.4) is 0 Å². The summed E-state index contributed by atoms with van der Waals surface area (Å²) in [5.41, 5.74) is 2.30. The highest BCUT2D eigenvalue weighted by Crippen LogP contribution is 2.28. The molecule has 5 nitrogen and oxygen atoms in total. The van der Waals surface area contributed by atoms with E-state index in [2.05, 4.69) is 5.32 Å². The predicted octanol–water partition coefficient (Wildman–Crippen LogP) is 4.63. The van der Waals surface area contributed by atoms with Crippen LogP contribution in [-0.4, -0.2) is 28.4 Å². The molecule has 3 aromatic rings. The van der Waals surface area contributed by atoms with Crippen molar-refractivity contribution in [3.05, 3.63) is 88.9 Å². The van der Waals surface area contributed by atoms with E-state index in [0.717, 1.165) is 5.69 Å². The molecule has 0 aliphatic carbocycles. The Labute approximate surface area is 175 Å². The summed E-state index contributed by atoms with van der Waals surface area (Å²) >= 11 is 6.07. The highest BCUT2D eigenvalue weighted by atomic mass is 35.5. The van der Waals surface area contributed by atoms with Crippen molar-refractivity contribution >= 4 is 38.7 Å². The van der Waals surface area contributed by atoms with Gasteiger partial charge in [0.1, 0.15) is 0 Å². The van der Waals surface area contributed by atoms with Gasteiger partial charge in [0.05, 0.1) is 22.0 Å². The molecule has 0 aliphatic heterocycles. The molecule has 150 valence electrons. The van der Waals surface area contributed by atoms with E-state index >= 15 is 0 Å². The van der Waals surface area contributed by atoms with Crippen LogP contribution in [0.4, 0.5) is 11.4 Å². The van der Waals surface area contributed by atoms with E-state index < -0.39 is 9.84 Å². The SMILES string of the molecule is CN(C)c1ccc(Cl)cc1NC(=O)c1cccc(CS(=O)(=O)c2ccccc2)c1. The second kappa shape index (κ2) is 8.68. The molecule has 0 unspecified atom stereocenters. The topological polar surface area (TPSA) is 66.5 Å². The largest absolute Gasteiger partial charge is 0.376 e. The number of sulfone groups is 1. The maximum atomic E-state index is 12.8. The van der Waals surface area contributed by atoms with Gasteiger partial charge in [0.2, 0.25) is 0 Å². The van der Waals surface area contributed by atoms with Gasteiger partial charge in [-0.1, -0.05) is 41.9 Å². The molecule has 29 heavy (non-hydrogen) atoms. The van der Waals surface area contributed by atoms with Crippen molar-refractivity contribution in [1.82, 2.24) is 0 Å². The Balaban J connectivity index is 1.83. The van der Waals surface area contributed by atoms with Crippen molar-refractivity contribution in [3.63, 3.8) is 0 Å². The Morgan fingerprint density at radius 1 is 0.966 bits per heavy atom. The summed E-state index contributed by atoms with van der Waals surface area (Å²) in [7, 11) is 0.244. The predicted molar refractivity (Wildman–Crippen MR) is 118 cm³/mol. The molecule has 0 saturated carbocycles. The van der Waals surface area contributed by atoms with Gasteiger partial charge < -0.3 is 10.2 Å². The summed E-state index contributed by atoms with van der Waals surface area (Å²) in [6, 6.07) is 20.1. The van der Waals surface area contributed by atoms with E-state index in [4.69, 9.17) is 11.6 Å². The lowest BCUT2D eigenvalue weighted by molar-refractivity contribution is 0.102. The molecule has 7 heteroatoms. The molecule has 0 atom stereocenters. The standard InChI is InChI=1S/C22H21ClN2O3S/c1-25(2)21-12-11-18(23)14-20(21)24-22(26)17-8-6-7-16(13-17)15-29(27,28)19-9-4-3-5-10-19/h3-14H,15H2,1-2H3,(H,24,26). The molecule has 3 rings (SSSR count). The monoisotopic (exact) mass is 428 g/mol. The molecule has 1 N–H and O–H groups in total. The van der Waals surface area contributed by atoms with Crippen LogP contribution in [0.5, 0.6) is 0 Å². The molecule has 0 bridgehead atoms. The molecule has 0 aliphatic rings. The first kappa shape index (κ1) is 20.9. The first-order valence-electron chi connectivity index (χ1n) is 8.91. The maximum absolute atomic E-state index is 12.8. The Bertz CT molecular complexity index is 1130. The Morgan fingerprint density at radius 3 is 2.38 bits per heavy atom. The second-order valence-electron chi connectivity index (χ2n) is 6.78. The van der Waals surface area contributed by atoms with Crippen LogP contribution < -0.4 is 10.2 Å². The van der Waals surface area contributed by atoms with Crippen LogP contribution in [0.15, 0.2) is 77.7 Å². The fraction of sp³-hybridized carbons (Fsp3) is 0.136. The van der Waals surface area contributed by atoms with Crippen LogP contribution in [0, 0.1) is 0 Å². The van der Waals surface area contributed by atoms with Crippen molar-refractivity contribution in [2.75, 3.05) is 24.3 Å². The first-order chi connectivity index (χ1) is 13.8. The van der Waals surface area contributed by atoms with Crippen LogP contribution in [-0.2, 0) is 15.6 Å². The van der Waals surface area contributed by atoms with Gasteiger partial charge in [-0.2, -0.15) is 0 Å². The molecule has 3 aromatic carbocycles. The molecule has 0 radical (unpaired) electrons. The van der Waals surface area contributed by atoms with Crippen molar-refractivity contribution in [2.24, 2.45) is 0 Å². The molecule has 0 aromatic heterocycles. The minimum absolute atomic E-state index is 0.182. The number of amides is 1. The van der Waals surface area contributed by atoms with Crippen molar-refractivity contribution < 1.29 is 13.2 Å². The summed E-state index contributed by atoms with van der Waals surface area (Å²) in [5.74, 6) is -0.521. The van der Waals surface area contributed by atoms with E-state index in [-0.39, 0.29) is 16.6 Å². The van der Waals surface area contributed by atoms with Crippen molar-refractivity contribution in [3.8, 4) is 0 Å². The maximum Gasteiger partial charge on any atom is 0.255 e. The number of rotatable bonds is 6. The quantitative estimate of drug-likeness (QED) is 0.621. The Kier molecular flexibility index (Phi) is 6.25. The van der Waals surface area contributed by atoms with E-state index in [1.54, 1.807) is 66.7 Å². The zero-order valence-electron chi connectivity index (χ0n) is 16.1. The van der Waals surface area contributed by atoms with Gasteiger partial charge in [-0.3, -0.25) is 4.79 Å². The van der Waals surface area contributed by atoms with Gasteiger partial charge in [-0.05, 0) is 48.0 Å². The summed E-state index contributed by atoms with van der Waals surface area (Å²) < 4.78 is 25.2. The number of anilines is 2. The minimum Gasteiger partial charge on any atom is -0.376 e. The van der Waals surface area contributed by atoms with Gasteiger partial charge in [0, 0.05) is 24.7 Å². The van der Waals surface area contributed by atoms with E-state index in [9.17, 15) is 13.2 Å². The molecule has 1 amide bonds. The Hall–Kier alpha value is -2.83. The van der Waals surface area contributed by atoms with Gasteiger partial charge in [-0.15, -0.1) is 0 Å². The molecule has 0 spiro atoms. The van der Waals surface area contributed by atoms with Crippen LogP contribution in [0.2, 0.25) is 5.02 Å². The number of nitrogens with zero attached hydrogens (tertiary/aromatic N) is 1. The number of hydrogen-bond acceptors (Lipinski definition) is 4. The Morgan fingerprint density at radius 2 is 1.69 bits per heavy atom. The lowest BCUT2D eigenvalue weighted by Gasteiger charge is -2.18. The van der Waals surface area contributed by atoms with Crippen molar-refractivity contribution in [2.45, 2.75) is 10.6 Å². The zero-order chi connectivity index (χ0) is 21.0. The van der Waals surface area contributed by atoms with Crippen LogP contribution >= 0.6 is 11.6 Å². The molecular weight excluding hydrogens is 408 g/mol. The highest BCUT2D eigenvalue weighted by Gasteiger charge is 2.17. The number of halogens is 1. The lowest BCUT2D eigenvalue weighted by atomic mass is 10.1. The summed E-state index contributed by atoms with van der Waals surface area (Å²) in [5, 5.41) is 3.36. The highest BCUT2D eigenvalue weighted by molar-refractivity contribution is 7.90. The number of carbonyl (C=O) groups is 1. The van der Waals surface area contributed by atoms with Gasteiger partial charge >= 0.3 is 0 Å². The number of benzene rings is 3. The third-order valence-electron chi connectivity index (χ3n) is 4.34. The van der Waals surface area contributed by atoms with E-state index in [0.29, 0.717) is 21.8 Å². The molecular formula is C22H21ClN2O3S. The van der Waals surface area contributed by atoms with E-state index in [1.807, 2.05) is 25.1 Å². The lowest BCUT2D eigenvalue weighted by Crippen LogP contribution is -2.17. The summed E-state index contributed by atoms with van der Waals surface area (Å²) in [6.07, 6.45) is 0.